The lowest BCUT2D eigenvalue weighted by Crippen LogP contribution is -2.32. The average molecular weight is 568 g/mol. The van der Waals surface area contributed by atoms with Crippen molar-refractivity contribution in [2.45, 2.75) is 51.9 Å². The number of hydrogen-bond acceptors (Lipinski definition) is 4. The lowest BCUT2D eigenvalue weighted by Gasteiger charge is -2.16. The molecule has 3 aromatic rings. The second kappa shape index (κ2) is 12.6. The maximum atomic E-state index is 13.0. The molecule has 0 radical (unpaired) electrons. The molecule has 1 saturated heterocycles. The third-order valence-corrected chi connectivity index (χ3v) is 7.19. The van der Waals surface area contributed by atoms with Crippen LogP contribution in [0.25, 0.3) is 11.6 Å². The summed E-state index contributed by atoms with van der Waals surface area (Å²) >= 11 is 0. The Hall–Kier alpha value is -4.18. The highest BCUT2D eigenvalue weighted by Crippen LogP contribution is 2.30. The third-order valence-electron chi connectivity index (χ3n) is 7.19. The van der Waals surface area contributed by atoms with Crippen LogP contribution in [0.3, 0.4) is 0 Å². The van der Waals surface area contributed by atoms with Crippen LogP contribution in [0.15, 0.2) is 48.5 Å². The number of carbonyl (C=O) groups excluding carboxylic acids is 3. The molecule has 1 aliphatic rings. The number of H-pyrrole nitrogens is 1. The van der Waals surface area contributed by atoms with E-state index in [0.29, 0.717) is 58.7 Å². The van der Waals surface area contributed by atoms with E-state index in [9.17, 15) is 27.6 Å². The Labute approximate surface area is 236 Å². The summed E-state index contributed by atoms with van der Waals surface area (Å²) in [5.74, 6) is -0.665. The summed E-state index contributed by atoms with van der Waals surface area (Å²) in [5.41, 5.74) is 3.27. The molecule has 1 fully saturated rings. The van der Waals surface area contributed by atoms with Gasteiger partial charge in [-0.05, 0) is 80.6 Å². The first-order chi connectivity index (χ1) is 19.5. The van der Waals surface area contributed by atoms with Crippen LogP contribution in [0.2, 0.25) is 0 Å². The normalized spacial score (nSPS) is 16.3. The molecular weight excluding hydrogens is 535 g/mol. The standard InChI is InChI=1S/C31H32F3N3O4/c1-18-27(36-20(3)28(18)30(40)35-16-26-8-5-13-41-26)15-24(17-38)22-6-4-7-23(14-22)29(39)37-19(2)21-9-11-25(12-10-21)31(32,33)34/h4,6-7,9-12,14-15,17,19,26,36H,5,8,13,16H2,1-3H3,(H,35,40)(H,37,39)/b24-15+. The van der Waals surface area contributed by atoms with Gasteiger partial charge in [-0.25, -0.2) is 0 Å². The lowest BCUT2D eigenvalue weighted by atomic mass is 10.0. The number of aldehydes is 1. The number of hydrogen-bond donors (Lipinski definition) is 3. The average Bonchev–Trinajstić information content (AvgIpc) is 3.57. The first-order valence-electron chi connectivity index (χ1n) is 13.3. The summed E-state index contributed by atoms with van der Waals surface area (Å²) in [6, 6.07) is 10.5. The van der Waals surface area contributed by atoms with Crippen LogP contribution in [0.4, 0.5) is 13.2 Å². The Balaban J connectivity index is 1.49. The van der Waals surface area contributed by atoms with Crippen LogP contribution in [-0.4, -0.2) is 42.3 Å². The molecular formula is C31H32F3N3O4. The van der Waals surface area contributed by atoms with Gasteiger partial charge in [0.15, 0.2) is 6.29 Å². The van der Waals surface area contributed by atoms with E-state index in [0.717, 1.165) is 25.0 Å². The summed E-state index contributed by atoms with van der Waals surface area (Å²) in [6.07, 6.45) is -0.226. The van der Waals surface area contributed by atoms with Gasteiger partial charge in [-0.3, -0.25) is 14.4 Å². The number of carbonyl (C=O) groups is 3. The van der Waals surface area contributed by atoms with E-state index in [2.05, 4.69) is 15.6 Å². The number of alkyl halides is 3. The van der Waals surface area contributed by atoms with E-state index in [1.807, 2.05) is 0 Å². The topological polar surface area (TPSA) is 100 Å². The van der Waals surface area contributed by atoms with Crippen LogP contribution < -0.4 is 10.6 Å². The number of aromatic nitrogens is 1. The summed E-state index contributed by atoms with van der Waals surface area (Å²) in [4.78, 5) is 41.1. The van der Waals surface area contributed by atoms with Crippen LogP contribution in [0.1, 0.15) is 80.2 Å². The zero-order valence-corrected chi connectivity index (χ0v) is 23.0. The maximum absolute atomic E-state index is 13.0. The highest BCUT2D eigenvalue weighted by atomic mass is 19.4. The second-order valence-electron chi connectivity index (χ2n) is 10.1. The first-order valence-corrected chi connectivity index (χ1v) is 13.3. The van der Waals surface area contributed by atoms with Crippen molar-refractivity contribution >= 4 is 29.7 Å². The van der Waals surface area contributed by atoms with E-state index in [1.54, 1.807) is 51.1 Å². The van der Waals surface area contributed by atoms with Gasteiger partial charge >= 0.3 is 6.18 Å². The van der Waals surface area contributed by atoms with Gasteiger partial charge in [0.2, 0.25) is 0 Å². The van der Waals surface area contributed by atoms with Crippen LogP contribution >= 0.6 is 0 Å². The monoisotopic (exact) mass is 567 g/mol. The number of amides is 2. The Kier molecular flexibility index (Phi) is 9.12. The minimum Gasteiger partial charge on any atom is -0.376 e. The number of benzene rings is 2. The smallest absolute Gasteiger partial charge is 0.376 e. The summed E-state index contributed by atoms with van der Waals surface area (Å²) < 4.78 is 44.2. The van der Waals surface area contributed by atoms with Gasteiger partial charge in [0.05, 0.1) is 23.3 Å². The van der Waals surface area contributed by atoms with Crippen LogP contribution in [0.5, 0.6) is 0 Å². The zero-order valence-electron chi connectivity index (χ0n) is 23.0. The first kappa shape index (κ1) is 29.8. The van der Waals surface area contributed by atoms with E-state index < -0.39 is 23.7 Å². The number of aryl methyl sites for hydroxylation is 1. The second-order valence-corrected chi connectivity index (χ2v) is 10.1. The summed E-state index contributed by atoms with van der Waals surface area (Å²) in [6.45, 7) is 6.39. The Morgan fingerprint density at radius 1 is 1.10 bits per heavy atom. The van der Waals surface area contributed by atoms with Crippen molar-refractivity contribution in [3.05, 3.63) is 93.3 Å². The number of rotatable bonds is 9. The molecule has 2 amide bonds. The van der Waals surface area contributed by atoms with Crippen molar-refractivity contribution in [3.8, 4) is 0 Å². The number of aromatic amines is 1. The number of allylic oxidation sites excluding steroid dienone is 1. The third kappa shape index (κ3) is 7.13. The van der Waals surface area contributed by atoms with E-state index in [4.69, 9.17) is 4.74 Å². The molecule has 2 heterocycles. The van der Waals surface area contributed by atoms with Crippen molar-refractivity contribution in [2.24, 2.45) is 0 Å². The van der Waals surface area contributed by atoms with Gasteiger partial charge in [-0.2, -0.15) is 13.2 Å². The molecule has 2 atom stereocenters. The quantitative estimate of drug-likeness (QED) is 0.225. The fraction of sp³-hybridized carbons (Fsp3) is 0.323. The summed E-state index contributed by atoms with van der Waals surface area (Å²) in [7, 11) is 0. The van der Waals surface area contributed by atoms with E-state index in [-0.39, 0.29) is 17.6 Å². The molecule has 1 aromatic heterocycles. The largest absolute Gasteiger partial charge is 0.416 e. The highest BCUT2D eigenvalue weighted by molar-refractivity contribution is 6.14. The van der Waals surface area contributed by atoms with Gasteiger partial charge in [-0.15, -0.1) is 0 Å². The molecule has 0 saturated carbocycles. The molecule has 7 nitrogen and oxygen atoms in total. The van der Waals surface area contributed by atoms with Crippen molar-refractivity contribution in [1.29, 1.82) is 0 Å². The predicted octanol–water partition coefficient (Wildman–Crippen LogP) is 5.79. The van der Waals surface area contributed by atoms with Crippen molar-refractivity contribution in [2.75, 3.05) is 13.2 Å². The van der Waals surface area contributed by atoms with Gasteiger partial charge < -0.3 is 20.4 Å². The molecule has 1 aliphatic heterocycles. The molecule has 0 bridgehead atoms. The van der Waals surface area contributed by atoms with Crippen molar-refractivity contribution in [3.63, 3.8) is 0 Å². The minimum absolute atomic E-state index is 0.0157. The fourth-order valence-corrected chi connectivity index (χ4v) is 4.86. The minimum atomic E-state index is -4.44. The van der Waals surface area contributed by atoms with Gasteiger partial charge in [0.1, 0.15) is 0 Å². The molecule has 2 aromatic carbocycles. The number of ether oxygens (including phenoxy) is 1. The van der Waals surface area contributed by atoms with E-state index in [1.165, 1.54) is 12.1 Å². The van der Waals surface area contributed by atoms with Gasteiger partial charge in [-0.1, -0.05) is 24.3 Å². The van der Waals surface area contributed by atoms with Gasteiger partial charge in [0, 0.05) is 35.7 Å². The number of nitrogens with one attached hydrogen (secondary N) is 3. The van der Waals surface area contributed by atoms with Crippen molar-refractivity contribution in [1.82, 2.24) is 15.6 Å². The molecule has 0 aliphatic carbocycles. The molecule has 216 valence electrons. The molecule has 0 spiro atoms. The Bertz CT molecular complexity index is 1450. The molecule has 10 heteroatoms. The van der Waals surface area contributed by atoms with Crippen LogP contribution in [-0.2, 0) is 15.7 Å². The molecule has 4 rings (SSSR count). The Morgan fingerprint density at radius 3 is 2.44 bits per heavy atom. The van der Waals surface area contributed by atoms with E-state index >= 15 is 0 Å². The lowest BCUT2D eigenvalue weighted by molar-refractivity contribution is -0.137. The Morgan fingerprint density at radius 2 is 1.80 bits per heavy atom. The zero-order chi connectivity index (χ0) is 29.7. The highest BCUT2D eigenvalue weighted by Gasteiger charge is 2.30. The van der Waals surface area contributed by atoms with Crippen LogP contribution in [0, 0.1) is 13.8 Å². The number of halogens is 3. The van der Waals surface area contributed by atoms with Crippen molar-refractivity contribution < 1.29 is 32.3 Å². The SMILES string of the molecule is Cc1[nH]c(/C=C(\C=O)c2cccc(C(=O)NC(C)c3ccc(C(F)(F)F)cc3)c2)c(C)c1C(=O)NCC1CCCO1. The summed E-state index contributed by atoms with van der Waals surface area (Å²) in [5, 5.41) is 5.70. The molecule has 41 heavy (non-hydrogen) atoms. The predicted molar refractivity (Wildman–Crippen MR) is 149 cm³/mol. The van der Waals surface area contributed by atoms with Gasteiger partial charge in [0.25, 0.3) is 11.8 Å². The molecule has 2 unspecified atom stereocenters. The maximum Gasteiger partial charge on any atom is 0.416 e. The molecule has 3 N–H and O–H groups in total. The fourth-order valence-electron chi connectivity index (χ4n) is 4.86.